The Kier molecular flexibility index (Phi) is 5.74. The van der Waals surface area contributed by atoms with E-state index in [1.54, 1.807) is 0 Å². The fourth-order valence-corrected chi connectivity index (χ4v) is 8.96. The van der Waals surface area contributed by atoms with Crippen LogP contribution >= 0.6 is 6.04 Å². The van der Waals surface area contributed by atoms with Gasteiger partial charge in [0.25, 0.3) is 0 Å². The van der Waals surface area contributed by atoms with Crippen molar-refractivity contribution in [3.05, 3.63) is 127 Å². The van der Waals surface area contributed by atoms with E-state index in [1.807, 2.05) is 6.07 Å². The van der Waals surface area contributed by atoms with Gasteiger partial charge < -0.3 is 0 Å². The van der Waals surface area contributed by atoms with Crippen molar-refractivity contribution in [1.82, 2.24) is 0 Å². The molecule has 0 bridgehead atoms. The number of hydroxylamine groups is 1. The van der Waals surface area contributed by atoms with Gasteiger partial charge in [0.05, 0.1) is 18.3 Å². The van der Waals surface area contributed by atoms with Crippen molar-refractivity contribution in [3.8, 4) is 0 Å². The van der Waals surface area contributed by atoms with Gasteiger partial charge in [0.2, 0.25) is 0 Å². The molecule has 0 aliphatic carbocycles. The highest BCUT2D eigenvalue weighted by Crippen LogP contribution is 2.57. The minimum Gasteiger partial charge on any atom is -0.272 e. The number of rotatable bonds is 5. The zero-order chi connectivity index (χ0) is 21.1. The van der Waals surface area contributed by atoms with Gasteiger partial charge in [-0.2, -0.15) is 0 Å². The van der Waals surface area contributed by atoms with Crippen molar-refractivity contribution in [1.29, 1.82) is 0 Å². The molecule has 1 saturated heterocycles. The van der Waals surface area contributed by atoms with Crippen LogP contribution in [0.5, 0.6) is 0 Å². The third kappa shape index (κ3) is 3.74. The van der Waals surface area contributed by atoms with Crippen LogP contribution in [0, 0.1) is 0 Å². The first kappa shape index (κ1) is 20.2. The van der Waals surface area contributed by atoms with Crippen molar-refractivity contribution in [3.63, 3.8) is 0 Å². The lowest BCUT2D eigenvalue weighted by Crippen LogP contribution is -2.33. The highest BCUT2D eigenvalue weighted by molar-refractivity contribution is 8.22. The Morgan fingerprint density at radius 3 is 1.61 bits per heavy atom. The Morgan fingerprint density at radius 1 is 0.645 bits per heavy atom. The molecular weight excluding hydrogens is 417 g/mol. The Balaban J connectivity index is 1.69. The van der Waals surface area contributed by atoms with Crippen LogP contribution in [-0.4, -0.2) is 12.3 Å². The lowest BCUT2D eigenvalue weighted by molar-refractivity contribution is 0.159. The average molecular weight is 442 g/mol. The number of benzene rings is 4. The van der Waals surface area contributed by atoms with E-state index in [-0.39, 0.29) is 11.7 Å². The van der Waals surface area contributed by atoms with E-state index in [0.717, 1.165) is 5.69 Å². The Bertz CT molecular complexity index is 1130. The molecule has 1 aliphatic heterocycles. The number of hydrogen-bond acceptors (Lipinski definition) is 3. The zero-order valence-corrected chi connectivity index (χ0v) is 18.8. The second kappa shape index (κ2) is 8.80. The molecule has 0 aromatic heterocycles. The third-order valence-electron chi connectivity index (χ3n) is 5.90. The number of anilines is 1. The Hall–Kier alpha value is -2.71. The monoisotopic (exact) mass is 441 g/mol. The van der Waals surface area contributed by atoms with Crippen LogP contribution in [0.1, 0.15) is 11.6 Å². The van der Waals surface area contributed by atoms with Crippen LogP contribution in [0.4, 0.5) is 5.69 Å². The summed E-state index contributed by atoms with van der Waals surface area (Å²) >= 11 is 6.68. The second-order valence-corrected chi connectivity index (χ2v) is 12.4. The zero-order valence-electron chi connectivity index (χ0n) is 17.1. The molecule has 0 saturated carbocycles. The molecule has 1 aliphatic rings. The number of nitrogens with zero attached hydrogens (tertiary/aromatic N) is 1. The minimum atomic E-state index is -2.18. The maximum absolute atomic E-state index is 6.68. The molecule has 0 radical (unpaired) electrons. The summed E-state index contributed by atoms with van der Waals surface area (Å²) in [6.45, 7) is 0.593. The van der Waals surface area contributed by atoms with Gasteiger partial charge in [0.1, 0.15) is 0 Å². The van der Waals surface area contributed by atoms with Gasteiger partial charge in [-0.3, -0.25) is 4.84 Å². The fourth-order valence-electron chi connectivity index (χ4n) is 4.44. The summed E-state index contributed by atoms with van der Waals surface area (Å²) in [5, 5.41) is 4.55. The maximum Gasteiger partial charge on any atom is 0.0918 e. The quantitative estimate of drug-likeness (QED) is 0.370. The molecular formula is C27H24NOPS. The fraction of sp³-hybridized carbons (Fsp3) is 0.111. The average Bonchev–Trinajstić information content (AvgIpc) is 3.31. The third-order valence-corrected chi connectivity index (χ3v) is 11.5. The van der Waals surface area contributed by atoms with E-state index in [9.17, 15) is 0 Å². The smallest absolute Gasteiger partial charge is 0.0918 e. The maximum atomic E-state index is 6.68. The molecule has 4 aromatic rings. The van der Waals surface area contributed by atoms with Crippen LogP contribution in [-0.2, 0) is 16.6 Å². The van der Waals surface area contributed by atoms with Crippen LogP contribution in [0.25, 0.3) is 0 Å². The first-order valence-electron chi connectivity index (χ1n) is 10.5. The largest absolute Gasteiger partial charge is 0.272 e. The van der Waals surface area contributed by atoms with Gasteiger partial charge in [0.15, 0.2) is 0 Å². The summed E-state index contributed by atoms with van der Waals surface area (Å²) in [6.07, 6.45) is 0. The van der Waals surface area contributed by atoms with E-state index >= 15 is 0 Å². The highest BCUT2D eigenvalue weighted by atomic mass is 32.4. The van der Waals surface area contributed by atoms with Gasteiger partial charge in [-0.25, -0.2) is 5.06 Å². The molecule has 5 rings (SSSR count). The SMILES string of the molecule is S=P(c1ccccc1)(c1ccccc1)[C@H]1CON(c2ccccc2)[C@@H]1c1ccccc1. The van der Waals surface area contributed by atoms with Gasteiger partial charge in [-0.05, 0) is 28.3 Å². The van der Waals surface area contributed by atoms with Gasteiger partial charge in [0, 0.05) is 11.7 Å². The first-order chi connectivity index (χ1) is 15.3. The predicted octanol–water partition coefficient (Wildman–Crippen LogP) is 5.68. The van der Waals surface area contributed by atoms with E-state index in [0.29, 0.717) is 6.61 Å². The number of para-hydroxylation sites is 1. The topological polar surface area (TPSA) is 12.5 Å². The van der Waals surface area contributed by atoms with Crippen molar-refractivity contribution < 1.29 is 4.84 Å². The van der Waals surface area contributed by atoms with Crippen LogP contribution in [0.2, 0.25) is 0 Å². The number of hydrogen-bond donors (Lipinski definition) is 0. The molecule has 4 aromatic carbocycles. The summed E-state index contributed by atoms with van der Waals surface area (Å²) in [4.78, 5) is 6.40. The van der Waals surface area contributed by atoms with Crippen LogP contribution in [0.3, 0.4) is 0 Å². The molecule has 31 heavy (non-hydrogen) atoms. The summed E-state index contributed by atoms with van der Waals surface area (Å²) < 4.78 is 0. The van der Waals surface area contributed by atoms with Crippen LogP contribution < -0.4 is 15.7 Å². The van der Waals surface area contributed by atoms with Crippen molar-refractivity contribution in [2.75, 3.05) is 11.7 Å². The van der Waals surface area contributed by atoms with E-state index in [1.165, 1.54) is 16.2 Å². The lowest BCUT2D eigenvalue weighted by Gasteiger charge is -2.35. The second-order valence-electron chi connectivity index (χ2n) is 7.71. The molecule has 154 valence electrons. The van der Waals surface area contributed by atoms with Crippen molar-refractivity contribution in [2.24, 2.45) is 0 Å². The Morgan fingerprint density at radius 2 is 1.10 bits per heavy atom. The van der Waals surface area contributed by atoms with E-state index in [2.05, 4.69) is 120 Å². The van der Waals surface area contributed by atoms with Gasteiger partial charge in [-0.15, -0.1) is 0 Å². The first-order valence-corrected chi connectivity index (χ1v) is 13.4. The lowest BCUT2D eigenvalue weighted by atomic mass is 10.0. The molecule has 0 unspecified atom stereocenters. The molecule has 0 amide bonds. The van der Waals surface area contributed by atoms with Crippen LogP contribution in [0.15, 0.2) is 121 Å². The van der Waals surface area contributed by atoms with E-state index in [4.69, 9.17) is 16.6 Å². The minimum absolute atomic E-state index is 0.0369. The molecule has 1 fully saturated rings. The predicted molar refractivity (Wildman–Crippen MR) is 134 cm³/mol. The van der Waals surface area contributed by atoms with Gasteiger partial charge in [-0.1, -0.05) is 121 Å². The molecule has 2 nitrogen and oxygen atoms in total. The molecule has 0 spiro atoms. The van der Waals surface area contributed by atoms with E-state index < -0.39 is 6.04 Å². The van der Waals surface area contributed by atoms with Crippen molar-refractivity contribution >= 4 is 34.1 Å². The van der Waals surface area contributed by atoms with Crippen molar-refractivity contribution in [2.45, 2.75) is 11.7 Å². The summed E-state index contributed by atoms with van der Waals surface area (Å²) in [6, 6.07) is 40.1. The van der Waals surface area contributed by atoms with Gasteiger partial charge >= 0.3 is 0 Å². The molecule has 2 atom stereocenters. The normalized spacial score (nSPS) is 18.8. The highest BCUT2D eigenvalue weighted by Gasteiger charge is 2.46. The molecule has 4 heteroatoms. The molecule has 0 N–H and O–H groups in total. The molecule has 1 heterocycles. The Labute approximate surface area is 189 Å². The standard InChI is InChI=1S/C27H24NOPS/c31-30(24-17-9-3-10-18-24,25-19-11-4-12-20-25)26-21-29-28(23-15-7-2-8-16-23)27(26)22-13-5-1-6-14-22/h1-20,26-27H,21H2/t26-,27+/m0/s1. The summed E-state index contributed by atoms with van der Waals surface area (Å²) in [5.74, 6) is 0. The summed E-state index contributed by atoms with van der Waals surface area (Å²) in [5.41, 5.74) is 2.44. The summed E-state index contributed by atoms with van der Waals surface area (Å²) in [7, 11) is 0.